The molecule has 144 valence electrons. The molecule has 0 saturated carbocycles. The van der Waals surface area contributed by atoms with Crippen LogP contribution in [-0.2, 0) is 7.05 Å². The van der Waals surface area contributed by atoms with Crippen molar-refractivity contribution < 1.29 is 9.90 Å². The Hall–Kier alpha value is -2.97. The number of piperidine rings is 1. The van der Waals surface area contributed by atoms with E-state index in [1.807, 2.05) is 18.9 Å². The number of likely N-dealkylation sites (N-methyl/N-ethyl adjacent to an activating group) is 1. The van der Waals surface area contributed by atoms with Gasteiger partial charge in [-0.15, -0.1) is 0 Å². The van der Waals surface area contributed by atoms with Crippen molar-refractivity contribution in [3.8, 4) is 11.4 Å². The van der Waals surface area contributed by atoms with Gasteiger partial charge in [-0.1, -0.05) is 6.92 Å². The molecule has 1 aliphatic heterocycles. The molecule has 0 radical (unpaired) electrons. The molecule has 1 fully saturated rings. The third-order valence-electron chi connectivity index (χ3n) is 5.18. The monoisotopic (exact) mass is 372 g/mol. The highest BCUT2D eigenvalue weighted by atomic mass is 16.4. The first kappa shape index (κ1) is 18.8. The second-order valence-electron chi connectivity index (χ2n) is 6.71. The van der Waals surface area contributed by atoms with E-state index >= 15 is 0 Å². The Bertz CT molecular complexity index is 869. The van der Waals surface area contributed by atoms with E-state index in [4.69, 9.17) is 0 Å². The zero-order valence-electron chi connectivity index (χ0n) is 15.7. The molecule has 1 N–H and O–H groups in total. The minimum Gasteiger partial charge on any atom is -0.465 e. The fourth-order valence-electron chi connectivity index (χ4n) is 3.78. The number of anilines is 1. The Kier molecular flexibility index (Phi) is 5.38. The predicted molar refractivity (Wildman–Crippen MR) is 101 cm³/mol. The van der Waals surface area contributed by atoms with Crippen LogP contribution in [0.2, 0.25) is 0 Å². The van der Waals surface area contributed by atoms with Crippen LogP contribution in [-0.4, -0.2) is 61.3 Å². The first-order valence-corrected chi connectivity index (χ1v) is 9.01. The number of likely N-dealkylation sites (tertiary alicyclic amines) is 1. The lowest BCUT2D eigenvalue weighted by Gasteiger charge is -2.44. The Balaban J connectivity index is 2.01. The second kappa shape index (κ2) is 7.73. The van der Waals surface area contributed by atoms with E-state index in [2.05, 4.69) is 15.0 Å². The number of hydrogen-bond donors (Lipinski definition) is 1. The summed E-state index contributed by atoms with van der Waals surface area (Å²) in [5.41, 5.74) is 0.848. The van der Waals surface area contributed by atoms with Crippen molar-refractivity contribution in [2.24, 2.45) is 7.05 Å². The van der Waals surface area contributed by atoms with Gasteiger partial charge in [-0.05, 0) is 25.3 Å². The van der Waals surface area contributed by atoms with Crippen LogP contribution in [0.3, 0.4) is 0 Å². The SMILES string of the molecule is CCC1[C@H](N(C)c2nc(-c3ccncn3)cc(=O)n2C)CCCN1C(=O)O. The van der Waals surface area contributed by atoms with E-state index in [0.717, 1.165) is 12.8 Å². The first-order valence-electron chi connectivity index (χ1n) is 9.01. The average Bonchev–Trinajstić information content (AvgIpc) is 2.69. The maximum absolute atomic E-state index is 12.5. The first-order chi connectivity index (χ1) is 12.9. The smallest absolute Gasteiger partial charge is 0.407 e. The van der Waals surface area contributed by atoms with Crippen molar-refractivity contribution in [3.63, 3.8) is 0 Å². The van der Waals surface area contributed by atoms with Gasteiger partial charge in [-0.2, -0.15) is 0 Å². The van der Waals surface area contributed by atoms with Gasteiger partial charge in [0.1, 0.15) is 6.33 Å². The third-order valence-corrected chi connectivity index (χ3v) is 5.18. The molecule has 3 rings (SSSR count). The zero-order chi connectivity index (χ0) is 19.6. The van der Waals surface area contributed by atoms with E-state index in [1.165, 1.54) is 21.9 Å². The minimum atomic E-state index is -0.906. The molecule has 2 aromatic heterocycles. The molecular formula is C18H24N6O3. The maximum Gasteiger partial charge on any atom is 0.407 e. The van der Waals surface area contributed by atoms with E-state index in [0.29, 0.717) is 30.3 Å². The molecule has 9 nitrogen and oxygen atoms in total. The Morgan fingerprint density at radius 1 is 1.41 bits per heavy atom. The van der Waals surface area contributed by atoms with Gasteiger partial charge in [0, 0.05) is 32.9 Å². The molecule has 2 aromatic rings. The van der Waals surface area contributed by atoms with Crippen molar-refractivity contribution in [1.82, 2.24) is 24.4 Å². The van der Waals surface area contributed by atoms with Gasteiger partial charge in [0.25, 0.3) is 5.56 Å². The van der Waals surface area contributed by atoms with Crippen molar-refractivity contribution in [2.45, 2.75) is 38.3 Å². The minimum absolute atomic E-state index is 0.0569. The number of rotatable bonds is 4. The standard InChI is InChI=1S/C18H24N6O3/c1-4-14-15(6-5-9-24(14)18(26)27)22(2)17-21-13(10-16(25)23(17)3)12-7-8-19-11-20-12/h7-8,10-11,14-15H,4-6,9H2,1-3H3,(H,26,27)/t14?,15-/m1/s1. The van der Waals surface area contributed by atoms with Crippen LogP contribution in [0.5, 0.6) is 0 Å². The normalized spacial score (nSPS) is 19.7. The number of carbonyl (C=O) groups is 1. The number of carboxylic acid groups (broad SMARTS) is 1. The Morgan fingerprint density at radius 3 is 2.81 bits per heavy atom. The average molecular weight is 372 g/mol. The van der Waals surface area contributed by atoms with Gasteiger partial charge >= 0.3 is 6.09 Å². The molecular weight excluding hydrogens is 348 g/mol. The largest absolute Gasteiger partial charge is 0.465 e. The lowest BCUT2D eigenvalue weighted by atomic mass is 9.93. The zero-order valence-corrected chi connectivity index (χ0v) is 15.7. The number of amides is 1. The van der Waals surface area contributed by atoms with Crippen LogP contribution >= 0.6 is 0 Å². The van der Waals surface area contributed by atoms with Gasteiger partial charge < -0.3 is 14.9 Å². The topological polar surface area (TPSA) is 104 Å². The van der Waals surface area contributed by atoms with Gasteiger partial charge in [0.15, 0.2) is 0 Å². The van der Waals surface area contributed by atoms with Crippen molar-refractivity contribution in [1.29, 1.82) is 0 Å². The van der Waals surface area contributed by atoms with Gasteiger partial charge in [-0.25, -0.2) is 19.7 Å². The molecule has 1 unspecified atom stereocenters. The van der Waals surface area contributed by atoms with E-state index in [-0.39, 0.29) is 17.6 Å². The summed E-state index contributed by atoms with van der Waals surface area (Å²) in [6.07, 6.45) is 4.42. The van der Waals surface area contributed by atoms with Crippen LogP contribution in [0.15, 0.2) is 29.5 Å². The fourth-order valence-corrected chi connectivity index (χ4v) is 3.78. The maximum atomic E-state index is 12.5. The van der Waals surface area contributed by atoms with E-state index < -0.39 is 6.09 Å². The molecule has 0 bridgehead atoms. The summed E-state index contributed by atoms with van der Waals surface area (Å²) in [7, 11) is 3.54. The van der Waals surface area contributed by atoms with Gasteiger partial charge in [-0.3, -0.25) is 9.36 Å². The van der Waals surface area contributed by atoms with Crippen LogP contribution in [0.1, 0.15) is 26.2 Å². The summed E-state index contributed by atoms with van der Waals surface area (Å²) in [5.74, 6) is 0.492. The van der Waals surface area contributed by atoms with E-state index in [9.17, 15) is 14.7 Å². The summed E-state index contributed by atoms with van der Waals surface area (Å²) in [6.45, 7) is 2.52. The quantitative estimate of drug-likeness (QED) is 0.869. The number of hydrogen-bond acceptors (Lipinski definition) is 6. The van der Waals surface area contributed by atoms with Crippen molar-refractivity contribution >= 4 is 12.0 Å². The lowest BCUT2D eigenvalue weighted by molar-refractivity contribution is 0.0945. The summed E-state index contributed by atoms with van der Waals surface area (Å²) in [6, 6.07) is 2.94. The molecule has 0 aliphatic carbocycles. The Labute approximate surface area is 157 Å². The molecule has 1 aliphatic rings. The highest BCUT2D eigenvalue weighted by Crippen LogP contribution is 2.27. The van der Waals surface area contributed by atoms with Crippen LogP contribution in [0.25, 0.3) is 11.4 Å². The molecule has 1 saturated heterocycles. The highest BCUT2D eigenvalue weighted by molar-refractivity contribution is 5.66. The molecule has 2 atom stereocenters. The van der Waals surface area contributed by atoms with Crippen LogP contribution in [0.4, 0.5) is 10.7 Å². The molecule has 27 heavy (non-hydrogen) atoms. The second-order valence-corrected chi connectivity index (χ2v) is 6.71. The fraction of sp³-hybridized carbons (Fsp3) is 0.500. The number of nitrogens with zero attached hydrogens (tertiary/aromatic N) is 6. The van der Waals surface area contributed by atoms with Gasteiger partial charge in [0.05, 0.1) is 23.5 Å². The molecule has 3 heterocycles. The van der Waals surface area contributed by atoms with Crippen LogP contribution < -0.4 is 10.5 Å². The summed E-state index contributed by atoms with van der Waals surface area (Å²) >= 11 is 0. The number of aromatic nitrogens is 4. The van der Waals surface area contributed by atoms with E-state index in [1.54, 1.807) is 19.3 Å². The summed E-state index contributed by atoms with van der Waals surface area (Å²) in [4.78, 5) is 40.2. The summed E-state index contributed by atoms with van der Waals surface area (Å²) in [5, 5.41) is 9.52. The molecule has 0 aromatic carbocycles. The van der Waals surface area contributed by atoms with Gasteiger partial charge in [0.2, 0.25) is 5.95 Å². The van der Waals surface area contributed by atoms with Crippen LogP contribution in [0, 0.1) is 0 Å². The lowest BCUT2D eigenvalue weighted by Crippen LogP contribution is -2.56. The summed E-state index contributed by atoms with van der Waals surface area (Å²) < 4.78 is 1.48. The van der Waals surface area contributed by atoms with Crippen molar-refractivity contribution in [3.05, 3.63) is 35.0 Å². The third kappa shape index (κ3) is 3.62. The molecule has 9 heteroatoms. The molecule has 0 spiro atoms. The molecule has 1 amide bonds. The Morgan fingerprint density at radius 2 is 2.19 bits per heavy atom. The van der Waals surface area contributed by atoms with Crippen molar-refractivity contribution in [2.75, 3.05) is 18.5 Å². The predicted octanol–water partition coefficient (Wildman–Crippen LogP) is 1.59. The highest BCUT2D eigenvalue weighted by Gasteiger charge is 2.36.